The maximum absolute atomic E-state index is 13.7. The van der Waals surface area contributed by atoms with Crippen LogP contribution in [0.1, 0.15) is 43.5 Å². The Kier molecular flexibility index (Phi) is 7.76. The van der Waals surface area contributed by atoms with Gasteiger partial charge in [0.2, 0.25) is 5.91 Å². The van der Waals surface area contributed by atoms with E-state index >= 15 is 0 Å². The number of anilines is 1. The first-order valence-corrected chi connectivity index (χ1v) is 14.3. The van der Waals surface area contributed by atoms with Gasteiger partial charge >= 0.3 is 0 Å². The van der Waals surface area contributed by atoms with Gasteiger partial charge in [-0.25, -0.2) is 9.67 Å². The van der Waals surface area contributed by atoms with Crippen molar-refractivity contribution in [1.82, 2.24) is 29.5 Å². The molecule has 2 bridgehead atoms. The highest BCUT2D eigenvalue weighted by Crippen LogP contribution is 2.34. The van der Waals surface area contributed by atoms with Crippen LogP contribution in [0.4, 0.5) is 5.69 Å². The Balaban J connectivity index is 1.45. The number of carbonyl (C=O) groups is 1. The molecular formula is C31H24Cl2N8O2. The van der Waals surface area contributed by atoms with Gasteiger partial charge in [0.15, 0.2) is 5.15 Å². The maximum atomic E-state index is 13.7. The summed E-state index contributed by atoms with van der Waals surface area (Å²) >= 11 is 12.3. The summed E-state index contributed by atoms with van der Waals surface area (Å²) in [4.78, 5) is 36.0. The minimum absolute atomic E-state index is 0.105. The summed E-state index contributed by atoms with van der Waals surface area (Å²) in [5.41, 5.74) is 4.53. The van der Waals surface area contributed by atoms with Gasteiger partial charge in [-0.1, -0.05) is 41.8 Å². The molecule has 0 saturated heterocycles. The van der Waals surface area contributed by atoms with Gasteiger partial charge in [0.05, 0.1) is 47.3 Å². The molecule has 4 heterocycles. The number of fused-ring (bicyclic) bond motifs is 4. The van der Waals surface area contributed by atoms with Crippen LogP contribution in [0.2, 0.25) is 10.2 Å². The Morgan fingerprint density at radius 1 is 1.00 bits per heavy atom. The molecule has 43 heavy (non-hydrogen) atoms. The van der Waals surface area contributed by atoms with E-state index in [4.69, 9.17) is 23.2 Å². The van der Waals surface area contributed by atoms with Crippen LogP contribution in [-0.4, -0.2) is 35.4 Å². The number of nitriles is 1. The average molecular weight is 611 g/mol. The SMILES string of the molecule is C[C@@H]1CCC[C@H](n2cnc(-c3cc(Cl)ccc3-n3cc(Cl)nn3)cc2=O)c2cc(ccn2)-c2cc(C#N)ccc2NC1=O. The zero-order valence-corrected chi connectivity index (χ0v) is 24.4. The Bertz CT molecular complexity index is 1960. The molecule has 1 N–H and O–H groups in total. The van der Waals surface area contributed by atoms with Gasteiger partial charge in [-0.15, -0.1) is 5.10 Å². The zero-order valence-electron chi connectivity index (χ0n) is 22.9. The van der Waals surface area contributed by atoms with Crippen LogP contribution >= 0.6 is 23.2 Å². The molecule has 0 fully saturated rings. The molecule has 0 spiro atoms. The standard InChI is InChI=1S/C31H24Cl2N8O2/c1-18-3-2-4-28(26-12-20(9-10-35-26)22-11-19(15-34)5-7-24(22)37-31(18)43)40-17-36-25(14-30(40)42)23-13-21(32)6-8-27(23)41-16-29(33)38-39-41/h5-14,16-18,28H,2-4H2,1H3,(H,37,43)/t18-,28+/m1/s1. The number of benzene rings is 2. The highest BCUT2D eigenvalue weighted by atomic mass is 35.5. The van der Waals surface area contributed by atoms with Gasteiger partial charge in [0, 0.05) is 40.0 Å². The molecular weight excluding hydrogens is 587 g/mol. The third-order valence-corrected chi connectivity index (χ3v) is 7.93. The normalized spacial score (nSPS) is 16.7. The van der Waals surface area contributed by atoms with Crippen LogP contribution in [0.3, 0.4) is 0 Å². The number of amides is 1. The third kappa shape index (κ3) is 5.78. The minimum atomic E-state index is -0.445. The van der Waals surface area contributed by atoms with E-state index in [9.17, 15) is 14.9 Å². The number of hydrogen-bond donors (Lipinski definition) is 1. The van der Waals surface area contributed by atoms with Crippen molar-refractivity contribution in [3.63, 3.8) is 0 Å². The fraction of sp³-hybridized carbons (Fsp3) is 0.194. The lowest BCUT2D eigenvalue weighted by molar-refractivity contribution is -0.119. The van der Waals surface area contributed by atoms with E-state index in [1.165, 1.54) is 17.1 Å². The molecule has 2 aromatic carbocycles. The number of nitrogens with one attached hydrogen (secondary N) is 1. The van der Waals surface area contributed by atoms with E-state index in [0.29, 0.717) is 63.7 Å². The van der Waals surface area contributed by atoms with Gasteiger partial charge in [0.1, 0.15) is 0 Å². The predicted octanol–water partition coefficient (Wildman–Crippen LogP) is 6.08. The predicted molar refractivity (Wildman–Crippen MR) is 163 cm³/mol. The van der Waals surface area contributed by atoms with Gasteiger partial charge in [-0.3, -0.25) is 19.1 Å². The second-order valence-corrected chi connectivity index (χ2v) is 11.2. The molecule has 0 unspecified atom stereocenters. The molecule has 5 aromatic rings. The smallest absolute Gasteiger partial charge is 0.254 e. The van der Waals surface area contributed by atoms with E-state index in [-0.39, 0.29) is 22.5 Å². The van der Waals surface area contributed by atoms with Crippen molar-refractivity contribution in [1.29, 1.82) is 5.26 Å². The lowest BCUT2D eigenvalue weighted by Crippen LogP contribution is -2.27. The van der Waals surface area contributed by atoms with Crippen LogP contribution in [-0.2, 0) is 4.79 Å². The highest BCUT2D eigenvalue weighted by molar-refractivity contribution is 6.31. The molecule has 1 amide bonds. The lowest BCUT2D eigenvalue weighted by Gasteiger charge is -2.23. The fourth-order valence-corrected chi connectivity index (χ4v) is 5.56. The number of pyridine rings is 1. The Morgan fingerprint density at radius 3 is 2.63 bits per heavy atom. The summed E-state index contributed by atoms with van der Waals surface area (Å²) in [7, 11) is 0. The van der Waals surface area contributed by atoms with Crippen molar-refractivity contribution >= 4 is 34.8 Å². The second kappa shape index (κ2) is 11.8. The molecule has 10 nitrogen and oxygen atoms in total. The zero-order chi connectivity index (χ0) is 30.1. The van der Waals surface area contributed by atoms with Crippen molar-refractivity contribution < 1.29 is 4.79 Å². The number of carbonyl (C=O) groups excluding carboxylic acids is 1. The second-order valence-electron chi connectivity index (χ2n) is 10.3. The molecule has 0 saturated carbocycles. The molecule has 1 aliphatic heterocycles. The van der Waals surface area contributed by atoms with Crippen molar-refractivity contribution in [2.24, 2.45) is 5.92 Å². The van der Waals surface area contributed by atoms with Crippen LogP contribution < -0.4 is 10.9 Å². The first-order valence-electron chi connectivity index (χ1n) is 13.6. The minimum Gasteiger partial charge on any atom is -0.325 e. The largest absolute Gasteiger partial charge is 0.325 e. The number of hydrogen-bond acceptors (Lipinski definition) is 7. The van der Waals surface area contributed by atoms with E-state index in [0.717, 1.165) is 5.56 Å². The quantitative estimate of drug-likeness (QED) is 0.262. The fourth-order valence-electron chi connectivity index (χ4n) is 5.26. The summed E-state index contributed by atoms with van der Waals surface area (Å²) in [6.07, 6.45) is 6.58. The first-order chi connectivity index (χ1) is 20.8. The van der Waals surface area contributed by atoms with Crippen molar-refractivity contribution in [2.45, 2.75) is 32.2 Å². The topological polar surface area (TPSA) is 131 Å². The molecule has 214 valence electrons. The van der Waals surface area contributed by atoms with Gasteiger partial charge in [-0.05, 0) is 66.9 Å². The summed E-state index contributed by atoms with van der Waals surface area (Å²) in [5, 5.41) is 21.1. The van der Waals surface area contributed by atoms with Crippen molar-refractivity contribution in [2.75, 3.05) is 5.32 Å². The van der Waals surface area contributed by atoms with E-state index < -0.39 is 6.04 Å². The molecule has 0 aliphatic carbocycles. The monoisotopic (exact) mass is 610 g/mol. The van der Waals surface area contributed by atoms with Gasteiger partial charge < -0.3 is 5.32 Å². The van der Waals surface area contributed by atoms with Crippen LogP contribution in [0.15, 0.2) is 78.1 Å². The van der Waals surface area contributed by atoms with Crippen LogP contribution in [0.5, 0.6) is 0 Å². The summed E-state index contributed by atoms with van der Waals surface area (Å²) in [6, 6.07) is 17.2. The van der Waals surface area contributed by atoms with Crippen LogP contribution in [0, 0.1) is 17.2 Å². The van der Waals surface area contributed by atoms with E-state index in [2.05, 4.69) is 31.7 Å². The summed E-state index contributed by atoms with van der Waals surface area (Å²) in [6.45, 7) is 1.88. The number of halogens is 2. The lowest BCUT2D eigenvalue weighted by atomic mass is 9.95. The number of nitrogens with zero attached hydrogens (tertiary/aromatic N) is 7. The number of rotatable bonds is 3. The Morgan fingerprint density at radius 2 is 1.86 bits per heavy atom. The summed E-state index contributed by atoms with van der Waals surface area (Å²) in [5.74, 6) is -0.370. The highest BCUT2D eigenvalue weighted by Gasteiger charge is 2.23. The maximum Gasteiger partial charge on any atom is 0.254 e. The Hall–Kier alpha value is -4.85. The average Bonchev–Trinajstić information content (AvgIpc) is 3.45. The van der Waals surface area contributed by atoms with Crippen molar-refractivity contribution in [3.05, 3.63) is 105 Å². The molecule has 2 atom stereocenters. The number of aromatic nitrogens is 6. The first kappa shape index (κ1) is 28.3. The van der Waals surface area contributed by atoms with E-state index in [1.54, 1.807) is 53.4 Å². The van der Waals surface area contributed by atoms with E-state index in [1.807, 2.05) is 19.1 Å². The molecule has 6 rings (SSSR count). The molecule has 3 aromatic heterocycles. The summed E-state index contributed by atoms with van der Waals surface area (Å²) < 4.78 is 3.06. The Labute approximate surface area is 256 Å². The van der Waals surface area contributed by atoms with Crippen molar-refractivity contribution in [3.8, 4) is 34.1 Å². The molecule has 0 radical (unpaired) electrons. The molecule has 12 heteroatoms. The van der Waals surface area contributed by atoms with Gasteiger partial charge in [-0.2, -0.15) is 5.26 Å². The molecule has 1 aliphatic rings. The third-order valence-electron chi connectivity index (χ3n) is 7.52. The van der Waals surface area contributed by atoms with Gasteiger partial charge in [0.25, 0.3) is 5.56 Å². The van der Waals surface area contributed by atoms with Crippen LogP contribution in [0.25, 0.3) is 28.1 Å².